The zero-order chi connectivity index (χ0) is 11.7. The highest BCUT2D eigenvalue weighted by Gasteiger charge is 2.20. The number of benzene rings is 1. The van der Waals surface area contributed by atoms with Crippen molar-refractivity contribution in [3.63, 3.8) is 0 Å². The predicted octanol–water partition coefficient (Wildman–Crippen LogP) is 2.55. The van der Waals surface area contributed by atoms with Crippen LogP contribution in [-0.2, 0) is 16.0 Å². The van der Waals surface area contributed by atoms with Gasteiger partial charge in [-0.3, -0.25) is 0 Å². The molecule has 16 heavy (non-hydrogen) atoms. The molecule has 0 radical (unpaired) electrons. The monoisotopic (exact) mass is 238 g/mol. The molecule has 0 aliphatic heterocycles. The van der Waals surface area contributed by atoms with Crippen molar-refractivity contribution in [2.75, 3.05) is 6.61 Å². The third-order valence-electron chi connectivity index (χ3n) is 2.46. The Morgan fingerprint density at radius 1 is 1.56 bits per heavy atom. The second-order valence-corrected chi connectivity index (χ2v) is 3.98. The van der Waals surface area contributed by atoms with Crippen LogP contribution in [0.25, 0.3) is 6.08 Å². The first kappa shape index (κ1) is 11.0. The summed E-state index contributed by atoms with van der Waals surface area (Å²) in [6, 6.07) is 3.23. The maximum Gasteiger partial charge on any atom is 0.334 e. The summed E-state index contributed by atoms with van der Waals surface area (Å²) in [5.74, 6) is -0.270. The van der Waals surface area contributed by atoms with Gasteiger partial charge < -0.3 is 9.84 Å². The average molecular weight is 239 g/mol. The fourth-order valence-corrected chi connectivity index (χ4v) is 1.88. The van der Waals surface area contributed by atoms with E-state index < -0.39 is 0 Å². The van der Waals surface area contributed by atoms with Crippen molar-refractivity contribution in [2.24, 2.45) is 0 Å². The largest absolute Gasteiger partial charge is 0.506 e. The Bertz CT molecular complexity index is 477. The van der Waals surface area contributed by atoms with Gasteiger partial charge in [-0.1, -0.05) is 11.6 Å². The zero-order valence-electron chi connectivity index (χ0n) is 8.79. The van der Waals surface area contributed by atoms with Crippen molar-refractivity contribution in [1.82, 2.24) is 0 Å². The lowest BCUT2D eigenvalue weighted by Crippen LogP contribution is -2.07. The molecule has 1 aromatic carbocycles. The molecule has 0 atom stereocenters. The lowest BCUT2D eigenvalue weighted by atomic mass is 10.1. The third kappa shape index (κ3) is 1.91. The minimum absolute atomic E-state index is 0.0407. The summed E-state index contributed by atoms with van der Waals surface area (Å²) in [4.78, 5) is 11.5. The molecule has 0 fully saturated rings. The van der Waals surface area contributed by atoms with E-state index in [1.165, 1.54) is 0 Å². The van der Waals surface area contributed by atoms with Gasteiger partial charge in [0.25, 0.3) is 0 Å². The summed E-state index contributed by atoms with van der Waals surface area (Å²) in [5, 5.41) is 9.73. The van der Waals surface area contributed by atoms with E-state index in [1.54, 1.807) is 25.1 Å². The van der Waals surface area contributed by atoms with E-state index in [-0.39, 0.29) is 11.7 Å². The van der Waals surface area contributed by atoms with E-state index in [2.05, 4.69) is 0 Å². The highest BCUT2D eigenvalue weighted by atomic mass is 35.5. The van der Waals surface area contributed by atoms with Gasteiger partial charge in [-0.05, 0) is 36.3 Å². The molecule has 0 saturated carbocycles. The first-order chi connectivity index (χ1) is 7.61. The topological polar surface area (TPSA) is 46.5 Å². The van der Waals surface area contributed by atoms with Crippen molar-refractivity contribution in [1.29, 1.82) is 0 Å². The van der Waals surface area contributed by atoms with Gasteiger partial charge in [0.15, 0.2) is 0 Å². The van der Waals surface area contributed by atoms with E-state index in [9.17, 15) is 9.90 Å². The lowest BCUT2D eigenvalue weighted by Gasteiger charge is -2.02. The molecule has 0 aromatic heterocycles. The first-order valence-electron chi connectivity index (χ1n) is 5.01. The molecule has 0 saturated heterocycles. The van der Waals surface area contributed by atoms with Crippen LogP contribution in [0.15, 0.2) is 17.7 Å². The van der Waals surface area contributed by atoms with E-state index in [0.717, 1.165) is 11.1 Å². The maximum absolute atomic E-state index is 11.5. The van der Waals surface area contributed by atoms with E-state index in [0.29, 0.717) is 23.6 Å². The van der Waals surface area contributed by atoms with Gasteiger partial charge in [0.2, 0.25) is 0 Å². The van der Waals surface area contributed by atoms with Crippen molar-refractivity contribution in [3.8, 4) is 5.75 Å². The van der Waals surface area contributed by atoms with Crippen LogP contribution in [-0.4, -0.2) is 17.7 Å². The smallest absolute Gasteiger partial charge is 0.334 e. The number of ether oxygens (including phenoxy) is 1. The molecule has 2 rings (SSSR count). The van der Waals surface area contributed by atoms with Crippen LogP contribution >= 0.6 is 11.6 Å². The summed E-state index contributed by atoms with van der Waals surface area (Å²) in [6.45, 7) is 2.13. The van der Waals surface area contributed by atoms with Crippen LogP contribution in [0.2, 0.25) is 5.02 Å². The van der Waals surface area contributed by atoms with Gasteiger partial charge in [-0.15, -0.1) is 0 Å². The van der Waals surface area contributed by atoms with Crippen LogP contribution in [0.3, 0.4) is 0 Å². The van der Waals surface area contributed by atoms with E-state index in [4.69, 9.17) is 16.3 Å². The van der Waals surface area contributed by atoms with E-state index in [1.807, 2.05) is 0 Å². The van der Waals surface area contributed by atoms with E-state index >= 15 is 0 Å². The lowest BCUT2D eigenvalue weighted by molar-refractivity contribution is -0.138. The Balaban J connectivity index is 2.28. The van der Waals surface area contributed by atoms with Crippen LogP contribution in [0, 0.1) is 0 Å². The quantitative estimate of drug-likeness (QED) is 0.806. The first-order valence-corrected chi connectivity index (χ1v) is 5.38. The highest BCUT2D eigenvalue weighted by Crippen LogP contribution is 2.33. The number of phenolic OH excluding ortho intramolecular Hbond substituents is 1. The molecule has 1 aliphatic rings. The fourth-order valence-electron chi connectivity index (χ4n) is 1.71. The zero-order valence-corrected chi connectivity index (χ0v) is 9.54. The number of hydrogen-bond donors (Lipinski definition) is 1. The van der Waals surface area contributed by atoms with Crippen LogP contribution < -0.4 is 0 Å². The molecule has 0 unspecified atom stereocenters. The molecule has 84 valence electrons. The van der Waals surface area contributed by atoms with Crippen molar-refractivity contribution in [3.05, 3.63) is 33.9 Å². The second kappa shape index (κ2) is 4.18. The number of fused-ring (bicyclic) bond motifs is 1. The number of esters is 1. The van der Waals surface area contributed by atoms with Crippen molar-refractivity contribution >= 4 is 23.6 Å². The molecular formula is C12H11ClO3. The van der Waals surface area contributed by atoms with Gasteiger partial charge in [0, 0.05) is 12.0 Å². The van der Waals surface area contributed by atoms with Crippen LogP contribution in [0.5, 0.6) is 5.75 Å². The Hall–Kier alpha value is -1.48. The van der Waals surface area contributed by atoms with Gasteiger partial charge in [-0.25, -0.2) is 4.79 Å². The van der Waals surface area contributed by atoms with Crippen LogP contribution in [0.4, 0.5) is 0 Å². The molecule has 4 heteroatoms. The fraction of sp³-hybridized carbons (Fsp3) is 0.250. The number of carbonyl (C=O) groups excluding carboxylic acids is 1. The molecule has 0 heterocycles. The number of aromatic hydroxyl groups is 1. The molecular weight excluding hydrogens is 228 g/mol. The van der Waals surface area contributed by atoms with Gasteiger partial charge in [0.1, 0.15) is 5.75 Å². The number of phenols is 1. The van der Waals surface area contributed by atoms with Crippen molar-refractivity contribution in [2.45, 2.75) is 13.3 Å². The summed E-state index contributed by atoms with van der Waals surface area (Å²) in [7, 11) is 0. The van der Waals surface area contributed by atoms with Gasteiger partial charge >= 0.3 is 5.97 Å². The second-order valence-electron chi connectivity index (χ2n) is 3.57. The number of hydrogen-bond acceptors (Lipinski definition) is 3. The molecule has 3 nitrogen and oxygen atoms in total. The van der Waals surface area contributed by atoms with Crippen molar-refractivity contribution < 1.29 is 14.6 Å². The Labute approximate surface area is 98.3 Å². The molecule has 1 N–H and O–H groups in total. The normalized spacial score (nSPS) is 13.2. The third-order valence-corrected chi connectivity index (χ3v) is 2.76. The summed E-state index contributed by atoms with van der Waals surface area (Å²) in [5.41, 5.74) is 2.36. The summed E-state index contributed by atoms with van der Waals surface area (Å²) >= 11 is 5.79. The molecule has 1 aromatic rings. The van der Waals surface area contributed by atoms with Gasteiger partial charge in [0.05, 0.1) is 11.6 Å². The summed E-state index contributed by atoms with van der Waals surface area (Å²) < 4.78 is 4.91. The molecule has 0 spiro atoms. The standard InChI is InChI=1S/C12H11ClO3/c1-2-16-12(15)9-3-7-5-10(13)11(14)6-8(7)4-9/h3,5-6,14H,2,4H2,1H3. The number of carbonyl (C=O) groups is 1. The minimum Gasteiger partial charge on any atom is -0.506 e. The Morgan fingerprint density at radius 3 is 3.00 bits per heavy atom. The predicted molar refractivity (Wildman–Crippen MR) is 61.4 cm³/mol. The Kier molecular flexibility index (Phi) is 2.88. The summed E-state index contributed by atoms with van der Waals surface area (Å²) in [6.07, 6.45) is 2.23. The molecule has 0 bridgehead atoms. The number of halogens is 1. The number of rotatable bonds is 2. The maximum atomic E-state index is 11.5. The molecule has 1 aliphatic carbocycles. The minimum atomic E-state index is -0.311. The van der Waals surface area contributed by atoms with Gasteiger partial charge in [-0.2, -0.15) is 0 Å². The highest BCUT2D eigenvalue weighted by molar-refractivity contribution is 6.32. The average Bonchev–Trinajstić information content (AvgIpc) is 2.62. The Morgan fingerprint density at radius 2 is 2.31 bits per heavy atom. The van der Waals surface area contributed by atoms with Crippen LogP contribution in [0.1, 0.15) is 18.1 Å². The molecule has 0 amide bonds. The SMILES string of the molecule is CCOC(=O)C1=Cc2cc(Cl)c(O)cc2C1.